The Morgan fingerprint density at radius 1 is 1.13 bits per heavy atom. The van der Waals surface area contributed by atoms with Gasteiger partial charge in [-0.1, -0.05) is 0 Å². The molecule has 0 radical (unpaired) electrons. The molecule has 0 aromatic heterocycles. The number of nitrogens with zero attached hydrogens (tertiary/aromatic N) is 2. The molecular weight excluding hydrogens is 428 g/mol. The molecule has 0 spiro atoms. The summed E-state index contributed by atoms with van der Waals surface area (Å²) in [6.07, 6.45) is -3.97. The van der Waals surface area contributed by atoms with E-state index < -0.39 is 48.3 Å². The highest BCUT2D eigenvalue weighted by Crippen LogP contribution is 2.41. The lowest BCUT2D eigenvalue weighted by Gasteiger charge is -2.51. The first-order valence-corrected chi connectivity index (χ1v) is 11.0. The monoisotopic (exact) mass is 456 g/mol. The van der Waals surface area contributed by atoms with Crippen molar-refractivity contribution in [1.82, 2.24) is 9.80 Å². The Morgan fingerprint density at radius 2 is 1.77 bits per heavy atom. The first-order chi connectivity index (χ1) is 14.0. The third-order valence-electron chi connectivity index (χ3n) is 7.06. The molecular formula is C20H29ClF4N2O3. The van der Waals surface area contributed by atoms with Crippen molar-refractivity contribution in [2.24, 2.45) is 11.8 Å². The standard InChI is InChI=1S/C20H29ClF4N2O3/c1-19(11-28)18(30)26(16-7-6-14(21)8-15(16)22)10-17(29)27(19)9-12-2-4-13(5-3-12)20(23,24)25/h12-16,28H,2-11H2,1H3. The summed E-state index contributed by atoms with van der Waals surface area (Å²) in [5.41, 5.74) is -1.55. The SMILES string of the molecule is CC1(CO)C(=O)N(C2CCC(Cl)CC2F)CC(=O)N1CC1CCC(C(F)(F)F)CC1. The molecule has 1 N–H and O–H groups in total. The number of hydrogen-bond acceptors (Lipinski definition) is 3. The number of rotatable bonds is 4. The molecule has 1 aliphatic heterocycles. The van der Waals surface area contributed by atoms with Crippen LogP contribution in [0.25, 0.3) is 0 Å². The minimum atomic E-state index is -4.22. The fraction of sp³-hybridized carbons (Fsp3) is 0.900. The van der Waals surface area contributed by atoms with Crippen LogP contribution < -0.4 is 0 Å². The summed E-state index contributed by atoms with van der Waals surface area (Å²) in [4.78, 5) is 28.7. The van der Waals surface area contributed by atoms with E-state index in [1.807, 2.05) is 0 Å². The zero-order valence-electron chi connectivity index (χ0n) is 17.0. The number of aliphatic hydroxyl groups is 1. The molecule has 1 saturated heterocycles. The van der Waals surface area contributed by atoms with Crippen molar-refractivity contribution in [2.45, 2.75) is 81.2 Å². The summed E-state index contributed by atoms with van der Waals surface area (Å²) in [5.74, 6) is -2.43. The van der Waals surface area contributed by atoms with E-state index in [0.717, 1.165) is 0 Å². The average molecular weight is 457 g/mol. The Balaban J connectivity index is 1.70. The molecule has 0 bridgehead atoms. The van der Waals surface area contributed by atoms with Crippen LogP contribution >= 0.6 is 11.6 Å². The second-order valence-corrected chi connectivity index (χ2v) is 9.74. The van der Waals surface area contributed by atoms with Crippen LogP contribution in [-0.2, 0) is 9.59 Å². The summed E-state index contributed by atoms with van der Waals surface area (Å²) >= 11 is 6.01. The highest BCUT2D eigenvalue weighted by molar-refractivity contribution is 6.20. The second-order valence-electron chi connectivity index (χ2n) is 9.12. The predicted octanol–water partition coefficient (Wildman–Crippen LogP) is 3.27. The largest absolute Gasteiger partial charge is 0.393 e. The fourth-order valence-electron chi connectivity index (χ4n) is 5.06. The molecule has 3 aliphatic rings. The van der Waals surface area contributed by atoms with Gasteiger partial charge in [-0.2, -0.15) is 13.2 Å². The summed E-state index contributed by atoms with van der Waals surface area (Å²) in [7, 11) is 0. The molecule has 0 aromatic rings. The Hall–Kier alpha value is -1.09. The van der Waals surface area contributed by atoms with Crippen LogP contribution in [0, 0.1) is 11.8 Å². The highest BCUT2D eigenvalue weighted by Gasteiger charge is 2.53. The van der Waals surface area contributed by atoms with Crippen LogP contribution in [0.4, 0.5) is 17.6 Å². The predicted molar refractivity (Wildman–Crippen MR) is 103 cm³/mol. The molecule has 2 amide bonds. The number of piperazine rings is 1. The minimum Gasteiger partial charge on any atom is -0.393 e. The van der Waals surface area contributed by atoms with Crippen LogP contribution in [0.3, 0.4) is 0 Å². The minimum absolute atomic E-state index is 0.00267. The van der Waals surface area contributed by atoms with Gasteiger partial charge in [-0.3, -0.25) is 9.59 Å². The zero-order chi connectivity index (χ0) is 22.3. The van der Waals surface area contributed by atoms with E-state index in [1.54, 1.807) is 0 Å². The van der Waals surface area contributed by atoms with Crippen molar-refractivity contribution in [1.29, 1.82) is 0 Å². The van der Waals surface area contributed by atoms with E-state index in [9.17, 15) is 32.3 Å². The van der Waals surface area contributed by atoms with Crippen molar-refractivity contribution >= 4 is 23.4 Å². The molecule has 4 atom stereocenters. The van der Waals surface area contributed by atoms with Gasteiger partial charge < -0.3 is 14.9 Å². The summed E-state index contributed by atoms with van der Waals surface area (Å²) in [5, 5.41) is 9.70. The number of hydrogen-bond donors (Lipinski definition) is 1. The van der Waals surface area contributed by atoms with Gasteiger partial charge in [0.15, 0.2) is 0 Å². The fourth-order valence-corrected chi connectivity index (χ4v) is 5.36. The molecule has 30 heavy (non-hydrogen) atoms. The van der Waals surface area contributed by atoms with Crippen LogP contribution in [0.1, 0.15) is 51.9 Å². The molecule has 1 heterocycles. The number of carbonyl (C=O) groups excluding carboxylic acids is 2. The molecule has 2 saturated carbocycles. The first-order valence-electron chi connectivity index (χ1n) is 10.5. The Bertz CT molecular complexity index is 656. The third kappa shape index (κ3) is 4.56. The normalized spacial score (nSPS) is 38.8. The van der Waals surface area contributed by atoms with Crippen LogP contribution in [0.15, 0.2) is 0 Å². The van der Waals surface area contributed by atoms with Gasteiger partial charge in [0.05, 0.1) is 18.6 Å². The molecule has 3 fully saturated rings. The lowest BCUT2D eigenvalue weighted by Crippen LogP contribution is -2.71. The molecule has 2 aliphatic carbocycles. The van der Waals surface area contributed by atoms with E-state index in [1.165, 1.54) is 16.7 Å². The van der Waals surface area contributed by atoms with Gasteiger partial charge in [0.2, 0.25) is 5.91 Å². The second kappa shape index (κ2) is 8.81. The smallest absolute Gasteiger partial charge is 0.391 e. The van der Waals surface area contributed by atoms with Crippen molar-refractivity contribution in [2.75, 3.05) is 19.7 Å². The van der Waals surface area contributed by atoms with E-state index >= 15 is 0 Å². The average Bonchev–Trinajstić information content (AvgIpc) is 2.68. The molecule has 10 heteroatoms. The van der Waals surface area contributed by atoms with Gasteiger partial charge in [0.1, 0.15) is 18.3 Å². The van der Waals surface area contributed by atoms with Gasteiger partial charge in [-0.05, 0) is 57.8 Å². The van der Waals surface area contributed by atoms with Crippen molar-refractivity contribution in [3.8, 4) is 0 Å². The van der Waals surface area contributed by atoms with Gasteiger partial charge in [-0.25, -0.2) is 4.39 Å². The van der Waals surface area contributed by atoms with Gasteiger partial charge >= 0.3 is 6.18 Å². The highest BCUT2D eigenvalue weighted by atomic mass is 35.5. The summed E-state index contributed by atoms with van der Waals surface area (Å²) in [6.45, 7) is 0.646. The van der Waals surface area contributed by atoms with Crippen LogP contribution in [0.2, 0.25) is 0 Å². The maximum atomic E-state index is 14.6. The first kappa shape index (κ1) is 23.6. The molecule has 4 unspecified atom stereocenters. The Kier molecular flexibility index (Phi) is 6.92. The Labute approximate surface area is 178 Å². The van der Waals surface area contributed by atoms with Gasteiger partial charge in [0.25, 0.3) is 5.91 Å². The maximum absolute atomic E-state index is 14.6. The van der Waals surface area contributed by atoms with Crippen molar-refractivity contribution < 1.29 is 32.3 Å². The van der Waals surface area contributed by atoms with E-state index in [4.69, 9.17) is 11.6 Å². The summed E-state index contributed by atoms with van der Waals surface area (Å²) in [6, 6.07) is -0.758. The van der Waals surface area contributed by atoms with Crippen LogP contribution in [-0.4, -0.2) is 75.7 Å². The van der Waals surface area contributed by atoms with Crippen molar-refractivity contribution in [3.63, 3.8) is 0 Å². The number of carbonyl (C=O) groups is 2. The van der Waals surface area contributed by atoms with E-state index in [0.29, 0.717) is 25.7 Å². The molecule has 172 valence electrons. The van der Waals surface area contributed by atoms with E-state index in [2.05, 4.69) is 0 Å². The quantitative estimate of drug-likeness (QED) is 0.521. The number of amides is 2. The molecule has 5 nitrogen and oxygen atoms in total. The summed E-state index contributed by atoms with van der Waals surface area (Å²) < 4.78 is 53.3. The topological polar surface area (TPSA) is 60.9 Å². The Morgan fingerprint density at radius 3 is 2.30 bits per heavy atom. The van der Waals surface area contributed by atoms with Crippen LogP contribution in [0.5, 0.6) is 0 Å². The lowest BCUT2D eigenvalue weighted by molar-refractivity contribution is -0.185. The van der Waals surface area contributed by atoms with Crippen molar-refractivity contribution in [3.05, 3.63) is 0 Å². The lowest BCUT2D eigenvalue weighted by atomic mass is 9.80. The number of alkyl halides is 5. The number of halogens is 5. The third-order valence-corrected chi connectivity index (χ3v) is 7.45. The van der Waals surface area contributed by atoms with E-state index in [-0.39, 0.29) is 43.6 Å². The molecule has 3 rings (SSSR count). The van der Waals surface area contributed by atoms with Gasteiger partial charge in [-0.15, -0.1) is 11.6 Å². The van der Waals surface area contributed by atoms with Gasteiger partial charge in [0, 0.05) is 11.9 Å². The maximum Gasteiger partial charge on any atom is 0.391 e. The zero-order valence-corrected chi connectivity index (χ0v) is 17.8. The number of aliphatic hydroxyl groups excluding tert-OH is 1. The molecule has 0 aromatic carbocycles.